The van der Waals surface area contributed by atoms with E-state index in [2.05, 4.69) is 11.0 Å². The van der Waals surface area contributed by atoms with Crippen LogP contribution < -0.4 is 4.90 Å². The van der Waals surface area contributed by atoms with Gasteiger partial charge < -0.3 is 14.7 Å². The maximum absolute atomic E-state index is 12.9. The molecule has 0 N–H and O–H groups in total. The molecule has 2 amide bonds. The summed E-state index contributed by atoms with van der Waals surface area (Å²) in [6.45, 7) is 3.25. The fourth-order valence-corrected chi connectivity index (χ4v) is 4.73. The van der Waals surface area contributed by atoms with Crippen LogP contribution in [-0.2, 0) is 13.0 Å². The van der Waals surface area contributed by atoms with Crippen molar-refractivity contribution in [3.8, 4) is 0 Å². The summed E-state index contributed by atoms with van der Waals surface area (Å²) < 4.78 is 0. The molecule has 2 aromatic rings. The van der Waals surface area contributed by atoms with Crippen molar-refractivity contribution in [1.82, 2.24) is 14.8 Å². The second kappa shape index (κ2) is 7.17. The Bertz CT molecular complexity index is 981. The van der Waals surface area contributed by atoms with Crippen LogP contribution in [0.25, 0.3) is 0 Å². The van der Waals surface area contributed by atoms with Gasteiger partial charge in [0.05, 0.1) is 5.56 Å². The quantitative estimate of drug-likeness (QED) is 0.789. The van der Waals surface area contributed by atoms with E-state index in [1.165, 1.54) is 6.42 Å². The largest absolute Gasteiger partial charge is 0.339 e. The molecule has 0 saturated carbocycles. The van der Waals surface area contributed by atoms with Crippen molar-refractivity contribution in [2.45, 2.75) is 38.6 Å². The maximum Gasteiger partial charge on any atom is 0.255 e. The summed E-state index contributed by atoms with van der Waals surface area (Å²) in [4.78, 5) is 35.7. The molecule has 29 heavy (non-hydrogen) atoms. The molecule has 0 aliphatic carbocycles. The van der Waals surface area contributed by atoms with Gasteiger partial charge in [-0.15, -0.1) is 0 Å². The SMILES string of the molecule is CN1Cc2cc(N3CCCc4cc(C(=O)N5CCCCC5)cnc43)ccc2C1=O. The minimum Gasteiger partial charge on any atom is -0.339 e. The predicted molar refractivity (Wildman–Crippen MR) is 112 cm³/mol. The molecule has 0 radical (unpaired) electrons. The van der Waals surface area contributed by atoms with Gasteiger partial charge in [-0.2, -0.15) is 0 Å². The molecule has 1 aromatic carbocycles. The summed E-state index contributed by atoms with van der Waals surface area (Å²) in [6, 6.07) is 8.09. The average molecular weight is 390 g/mol. The van der Waals surface area contributed by atoms with Crippen molar-refractivity contribution in [3.63, 3.8) is 0 Å². The summed E-state index contributed by atoms with van der Waals surface area (Å²) in [6.07, 6.45) is 7.09. The zero-order valence-corrected chi connectivity index (χ0v) is 16.9. The van der Waals surface area contributed by atoms with Gasteiger partial charge in [-0.3, -0.25) is 9.59 Å². The van der Waals surface area contributed by atoms with Crippen LogP contribution in [0.5, 0.6) is 0 Å². The number of piperidine rings is 1. The summed E-state index contributed by atoms with van der Waals surface area (Å²) in [5, 5.41) is 0. The van der Waals surface area contributed by atoms with Crippen LogP contribution in [-0.4, -0.2) is 53.3 Å². The Kier molecular flexibility index (Phi) is 4.49. The minimum absolute atomic E-state index is 0.0876. The number of pyridine rings is 1. The number of nitrogens with zero attached hydrogens (tertiary/aromatic N) is 4. The van der Waals surface area contributed by atoms with Gasteiger partial charge in [0.15, 0.2) is 0 Å². The van der Waals surface area contributed by atoms with Gasteiger partial charge in [0.1, 0.15) is 5.82 Å². The number of anilines is 2. The lowest BCUT2D eigenvalue weighted by Crippen LogP contribution is -2.36. The number of aryl methyl sites for hydroxylation is 1. The number of hydrogen-bond donors (Lipinski definition) is 0. The summed E-state index contributed by atoms with van der Waals surface area (Å²) >= 11 is 0. The zero-order valence-electron chi connectivity index (χ0n) is 16.9. The molecule has 1 fully saturated rings. The van der Waals surface area contributed by atoms with E-state index in [9.17, 15) is 9.59 Å². The van der Waals surface area contributed by atoms with Crippen molar-refractivity contribution in [3.05, 3.63) is 52.7 Å². The number of benzene rings is 1. The van der Waals surface area contributed by atoms with Crippen molar-refractivity contribution in [2.24, 2.45) is 0 Å². The van der Waals surface area contributed by atoms with E-state index < -0.39 is 0 Å². The van der Waals surface area contributed by atoms with Gasteiger partial charge in [-0.1, -0.05) is 0 Å². The molecule has 0 bridgehead atoms. The first-order valence-corrected chi connectivity index (χ1v) is 10.6. The molecule has 150 valence electrons. The molecule has 5 rings (SSSR count). The third-order valence-corrected chi connectivity index (χ3v) is 6.30. The molecule has 0 unspecified atom stereocenters. The Morgan fingerprint density at radius 3 is 2.66 bits per heavy atom. The van der Waals surface area contributed by atoms with Gasteiger partial charge in [0.25, 0.3) is 11.8 Å². The molecule has 6 nitrogen and oxygen atoms in total. The van der Waals surface area contributed by atoms with Gasteiger partial charge in [0.2, 0.25) is 0 Å². The molecule has 6 heteroatoms. The van der Waals surface area contributed by atoms with E-state index in [1.54, 1.807) is 11.1 Å². The van der Waals surface area contributed by atoms with Gasteiger partial charge in [-0.25, -0.2) is 4.98 Å². The van der Waals surface area contributed by atoms with E-state index in [4.69, 9.17) is 4.98 Å². The molecule has 0 atom stereocenters. The highest BCUT2D eigenvalue weighted by Gasteiger charge is 2.27. The van der Waals surface area contributed by atoms with Crippen LogP contribution in [0.4, 0.5) is 11.5 Å². The Morgan fingerprint density at radius 1 is 1.00 bits per heavy atom. The Balaban J connectivity index is 1.44. The topological polar surface area (TPSA) is 56.8 Å². The highest BCUT2D eigenvalue weighted by molar-refractivity contribution is 5.99. The van der Waals surface area contributed by atoms with Crippen molar-refractivity contribution >= 4 is 23.3 Å². The van der Waals surface area contributed by atoms with Crippen LogP contribution in [0, 0.1) is 0 Å². The highest BCUT2D eigenvalue weighted by Crippen LogP contribution is 2.35. The lowest BCUT2D eigenvalue weighted by Gasteiger charge is -2.31. The fourth-order valence-electron chi connectivity index (χ4n) is 4.73. The number of fused-ring (bicyclic) bond motifs is 2. The van der Waals surface area contributed by atoms with Gasteiger partial charge >= 0.3 is 0 Å². The Morgan fingerprint density at radius 2 is 1.83 bits per heavy atom. The van der Waals surface area contributed by atoms with Crippen LogP contribution >= 0.6 is 0 Å². The maximum atomic E-state index is 12.9. The number of aromatic nitrogens is 1. The molecular weight excluding hydrogens is 364 g/mol. The van der Waals surface area contributed by atoms with E-state index in [0.717, 1.165) is 73.5 Å². The van der Waals surface area contributed by atoms with Gasteiger partial charge in [0, 0.05) is 50.7 Å². The smallest absolute Gasteiger partial charge is 0.255 e. The third-order valence-electron chi connectivity index (χ3n) is 6.30. The molecular formula is C23H26N4O2. The number of carbonyl (C=O) groups is 2. The van der Waals surface area contributed by atoms with Crippen LogP contribution in [0.3, 0.4) is 0 Å². The van der Waals surface area contributed by atoms with Gasteiger partial charge in [-0.05, 0) is 67.5 Å². The molecule has 3 aliphatic heterocycles. The van der Waals surface area contributed by atoms with E-state index >= 15 is 0 Å². The van der Waals surface area contributed by atoms with E-state index in [1.807, 2.05) is 30.1 Å². The van der Waals surface area contributed by atoms with Crippen molar-refractivity contribution < 1.29 is 9.59 Å². The molecule has 4 heterocycles. The number of likely N-dealkylation sites (tertiary alicyclic amines) is 1. The summed E-state index contributed by atoms with van der Waals surface area (Å²) in [5.74, 6) is 1.13. The number of amides is 2. The number of rotatable bonds is 2. The summed E-state index contributed by atoms with van der Waals surface area (Å²) in [5.41, 5.74) is 4.76. The molecule has 1 saturated heterocycles. The highest BCUT2D eigenvalue weighted by atomic mass is 16.2. The van der Waals surface area contributed by atoms with Crippen molar-refractivity contribution in [1.29, 1.82) is 0 Å². The Hall–Kier alpha value is -2.89. The lowest BCUT2D eigenvalue weighted by atomic mass is 10.0. The molecule has 1 aromatic heterocycles. The zero-order chi connectivity index (χ0) is 20.0. The number of carbonyl (C=O) groups excluding carboxylic acids is 2. The first-order chi connectivity index (χ1) is 14.1. The van der Waals surface area contributed by atoms with E-state index in [-0.39, 0.29) is 11.8 Å². The second-order valence-electron chi connectivity index (χ2n) is 8.32. The standard InChI is InChI=1S/C23H26N4O2/c1-25-15-18-13-19(7-8-20(18)23(25)29)27-11-5-6-16-12-17(14-24-21(16)27)22(28)26-9-3-2-4-10-26/h7-8,12-14H,2-6,9-11,15H2,1H3. The predicted octanol–water partition coefficient (Wildman–Crippen LogP) is 3.38. The van der Waals surface area contributed by atoms with Crippen LogP contribution in [0.2, 0.25) is 0 Å². The van der Waals surface area contributed by atoms with Crippen LogP contribution in [0.1, 0.15) is 57.5 Å². The normalized spacial score (nSPS) is 18.7. The minimum atomic E-state index is 0.0876. The third kappa shape index (κ3) is 3.16. The molecule has 3 aliphatic rings. The Labute approximate surface area is 171 Å². The molecule has 0 spiro atoms. The number of hydrogen-bond acceptors (Lipinski definition) is 4. The average Bonchev–Trinajstić information content (AvgIpc) is 3.06. The van der Waals surface area contributed by atoms with E-state index in [0.29, 0.717) is 12.1 Å². The monoisotopic (exact) mass is 390 g/mol. The second-order valence-corrected chi connectivity index (χ2v) is 8.32. The lowest BCUT2D eigenvalue weighted by molar-refractivity contribution is 0.0723. The first kappa shape index (κ1) is 18.2. The summed E-state index contributed by atoms with van der Waals surface area (Å²) in [7, 11) is 1.83. The fraction of sp³-hybridized carbons (Fsp3) is 0.435. The first-order valence-electron chi connectivity index (χ1n) is 10.6. The van der Waals surface area contributed by atoms with Crippen molar-refractivity contribution in [2.75, 3.05) is 31.6 Å². The van der Waals surface area contributed by atoms with Crippen LogP contribution in [0.15, 0.2) is 30.5 Å².